The molecule has 2 fully saturated rings. The van der Waals surface area contributed by atoms with Crippen LogP contribution in [0.5, 0.6) is 0 Å². The number of nitrogens with zero attached hydrogens (tertiary/aromatic N) is 1. The topological polar surface area (TPSA) is 86.7 Å². The molecule has 1 saturated carbocycles. The lowest BCUT2D eigenvalue weighted by molar-refractivity contribution is -0.143. The molecule has 0 aromatic heterocycles. The molecule has 3 unspecified atom stereocenters. The van der Waals surface area contributed by atoms with Gasteiger partial charge in [0.2, 0.25) is 5.91 Å². The minimum Gasteiger partial charge on any atom is -0.481 e. The standard InChI is InChI=1S/C22H30N2O4/c1-14-12-17(21(26)24-11-4-3-6-15(24)2)9-10-19(14)23-20(25)16-7-5-8-18(13-16)22(27)28/h9-10,12,15-16,18H,3-8,11,13H2,1-2H3,(H,23,25)(H,27,28). The maximum Gasteiger partial charge on any atom is 0.306 e. The monoisotopic (exact) mass is 386 g/mol. The number of likely N-dealkylation sites (tertiary alicyclic amines) is 1. The Morgan fingerprint density at radius 3 is 2.50 bits per heavy atom. The van der Waals surface area contributed by atoms with Crippen LogP contribution in [0, 0.1) is 18.8 Å². The van der Waals surface area contributed by atoms with Gasteiger partial charge in [-0.15, -0.1) is 0 Å². The first-order valence-electron chi connectivity index (χ1n) is 10.3. The van der Waals surface area contributed by atoms with E-state index >= 15 is 0 Å². The summed E-state index contributed by atoms with van der Waals surface area (Å²) in [6.07, 6.45) is 5.76. The van der Waals surface area contributed by atoms with Crippen LogP contribution in [0.1, 0.15) is 67.8 Å². The van der Waals surface area contributed by atoms with E-state index in [-0.39, 0.29) is 23.8 Å². The largest absolute Gasteiger partial charge is 0.481 e. The fraction of sp³-hybridized carbons (Fsp3) is 0.591. The van der Waals surface area contributed by atoms with E-state index in [1.807, 2.05) is 17.9 Å². The number of carbonyl (C=O) groups excluding carboxylic acids is 2. The van der Waals surface area contributed by atoms with Crippen LogP contribution >= 0.6 is 0 Å². The molecule has 2 amide bonds. The van der Waals surface area contributed by atoms with Crippen LogP contribution in [0.15, 0.2) is 18.2 Å². The van der Waals surface area contributed by atoms with Crippen molar-refractivity contribution in [2.45, 2.75) is 64.8 Å². The molecule has 2 aliphatic rings. The third-order valence-corrected chi connectivity index (χ3v) is 6.19. The molecule has 1 heterocycles. The van der Waals surface area contributed by atoms with Crippen molar-refractivity contribution in [1.29, 1.82) is 0 Å². The van der Waals surface area contributed by atoms with E-state index in [1.54, 1.807) is 12.1 Å². The Kier molecular flexibility index (Phi) is 6.37. The number of anilines is 1. The Bertz CT molecular complexity index is 761. The lowest BCUT2D eigenvalue weighted by atomic mass is 9.81. The van der Waals surface area contributed by atoms with E-state index < -0.39 is 11.9 Å². The summed E-state index contributed by atoms with van der Waals surface area (Å²) in [5.74, 6) is -1.60. The van der Waals surface area contributed by atoms with E-state index in [9.17, 15) is 19.5 Å². The summed E-state index contributed by atoms with van der Waals surface area (Å²) < 4.78 is 0. The molecule has 6 heteroatoms. The predicted octanol–water partition coefficient (Wildman–Crippen LogP) is 3.84. The van der Waals surface area contributed by atoms with E-state index in [2.05, 4.69) is 12.2 Å². The van der Waals surface area contributed by atoms with Crippen LogP contribution in [0.4, 0.5) is 5.69 Å². The SMILES string of the molecule is Cc1cc(C(=O)N2CCCCC2C)ccc1NC(=O)C1CCCC(C(=O)O)C1. The molecular formula is C22H30N2O4. The Morgan fingerprint density at radius 2 is 1.82 bits per heavy atom. The summed E-state index contributed by atoms with van der Waals surface area (Å²) in [6, 6.07) is 5.65. The average Bonchev–Trinajstić information content (AvgIpc) is 2.69. The number of nitrogens with one attached hydrogen (secondary N) is 1. The van der Waals surface area contributed by atoms with Gasteiger partial charge in [-0.2, -0.15) is 0 Å². The van der Waals surface area contributed by atoms with Crippen LogP contribution in [0.25, 0.3) is 0 Å². The highest BCUT2D eigenvalue weighted by Gasteiger charge is 2.31. The average molecular weight is 386 g/mol. The number of aliphatic carboxylic acids is 1. The van der Waals surface area contributed by atoms with Gasteiger partial charge in [0.25, 0.3) is 5.91 Å². The second kappa shape index (κ2) is 8.76. The lowest BCUT2D eigenvalue weighted by Gasteiger charge is -2.33. The Hall–Kier alpha value is -2.37. The quantitative estimate of drug-likeness (QED) is 0.823. The first-order valence-corrected chi connectivity index (χ1v) is 10.3. The molecule has 1 aliphatic carbocycles. The molecule has 0 bridgehead atoms. The van der Waals surface area contributed by atoms with Crippen molar-refractivity contribution in [2.24, 2.45) is 11.8 Å². The molecule has 28 heavy (non-hydrogen) atoms. The molecule has 1 aromatic carbocycles. The number of rotatable bonds is 4. The zero-order valence-electron chi connectivity index (χ0n) is 16.7. The van der Waals surface area contributed by atoms with E-state index in [0.29, 0.717) is 24.1 Å². The molecule has 3 rings (SSSR count). The number of aryl methyl sites for hydroxylation is 1. The number of piperidine rings is 1. The van der Waals surface area contributed by atoms with Crippen molar-refractivity contribution >= 4 is 23.5 Å². The summed E-state index contributed by atoms with van der Waals surface area (Å²) in [4.78, 5) is 38.6. The van der Waals surface area contributed by atoms with Crippen LogP contribution in [0.2, 0.25) is 0 Å². The van der Waals surface area contributed by atoms with Gasteiger partial charge in [-0.1, -0.05) is 6.42 Å². The number of carbonyl (C=O) groups is 3. The zero-order chi connectivity index (χ0) is 20.3. The minimum absolute atomic E-state index is 0.0461. The van der Waals surface area contributed by atoms with Crippen LogP contribution in [-0.4, -0.2) is 40.4 Å². The van der Waals surface area contributed by atoms with Crippen LogP contribution in [0.3, 0.4) is 0 Å². The number of carboxylic acids is 1. The number of benzene rings is 1. The normalized spacial score (nSPS) is 25.2. The second-order valence-electron chi connectivity index (χ2n) is 8.26. The summed E-state index contributed by atoms with van der Waals surface area (Å²) in [5, 5.41) is 12.1. The highest BCUT2D eigenvalue weighted by Crippen LogP contribution is 2.31. The maximum absolute atomic E-state index is 12.8. The molecular weight excluding hydrogens is 356 g/mol. The first kappa shape index (κ1) is 20.4. The van der Waals surface area contributed by atoms with Gasteiger partial charge in [-0.3, -0.25) is 14.4 Å². The molecule has 1 aromatic rings. The number of carboxylic acid groups (broad SMARTS) is 1. The third-order valence-electron chi connectivity index (χ3n) is 6.19. The molecule has 0 radical (unpaired) electrons. The molecule has 1 aliphatic heterocycles. The molecule has 152 valence electrons. The van der Waals surface area contributed by atoms with Gasteiger partial charge in [0, 0.05) is 29.8 Å². The van der Waals surface area contributed by atoms with Gasteiger partial charge in [-0.05, 0) is 76.1 Å². The van der Waals surface area contributed by atoms with E-state index in [0.717, 1.165) is 37.8 Å². The van der Waals surface area contributed by atoms with Crippen LogP contribution in [-0.2, 0) is 9.59 Å². The van der Waals surface area contributed by atoms with Gasteiger partial charge in [0.1, 0.15) is 0 Å². The molecule has 3 atom stereocenters. The van der Waals surface area contributed by atoms with Crippen LogP contribution < -0.4 is 5.32 Å². The fourth-order valence-corrected chi connectivity index (χ4v) is 4.39. The minimum atomic E-state index is -0.816. The van der Waals surface area contributed by atoms with Gasteiger partial charge in [-0.25, -0.2) is 0 Å². The van der Waals surface area contributed by atoms with Crippen molar-refractivity contribution in [3.05, 3.63) is 29.3 Å². The number of hydrogen-bond donors (Lipinski definition) is 2. The van der Waals surface area contributed by atoms with Crippen molar-refractivity contribution in [3.8, 4) is 0 Å². The van der Waals surface area contributed by atoms with Crippen molar-refractivity contribution in [2.75, 3.05) is 11.9 Å². The smallest absolute Gasteiger partial charge is 0.306 e. The first-order chi connectivity index (χ1) is 13.4. The molecule has 1 saturated heterocycles. The van der Waals surface area contributed by atoms with Gasteiger partial charge in [0.15, 0.2) is 0 Å². The molecule has 2 N–H and O–H groups in total. The fourth-order valence-electron chi connectivity index (χ4n) is 4.39. The van der Waals surface area contributed by atoms with Gasteiger partial charge in [0.05, 0.1) is 5.92 Å². The second-order valence-corrected chi connectivity index (χ2v) is 8.26. The summed E-state index contributed by atoms with van der Waals surface area (Å²) in [7, 11) is 0. The predicted molar refractivity (Wildman–Crippen MR) is 107 cm³/mol. The van der Waals surface area contributed by atoms with Crippen molar-refractivity contribution in [3.63, 3.8) is 0 Å². The number of amides is 2. The van der Waals surface area contributed by atoms with E-state index in [4.69, 9.17) is 0 Å². The molecule has 6 nitrogen and oxygen atoms in total. The maximum atomic E-state index is 12.8. The zero-order valence-corrected chi connectivity index (χ0v) is 16.7. The highest BCUT2D eigenvalue weighted by molar-refractivity contribution is 5.97. The Balaban J connectivity index is 1.66. The highest BCUT2D eigenvalue weighted by atomic mass is 16.4. The van der Waals surface area contributed by atoms with Gasteiger partial charge >= 0.3 is 5.97 Å². The number of hydrogen-bond acceptors (Lipinski definition) is 3. The Morgan fingerprint density at radius 1 is 1.07 bits per heavy atom. The van der Waals surface area contributed by atoms with Crippen molar-refractivity contribution in [1.82, 2.24) is 4.90 Å². The van der Waals surface area contributed by atoms with Crippen molar-refractivity contribution < 1.29 is 19.5 Å². The third kappa shape index (κ3) is 4.54. The summed E-state index contributed by atoms with van der Waals surface area (Å²) >= 11 is 0. The van der Waals surface area contributed by atoms with Gasteiger partial charge < -0.3 is 15.3 Å². The van der Waals surface area contributed by atoms with E-state index in [1.165, 1.54) is 6.42 Å². The summed E-state index contributed by atoms with van der Waals surface area (Å²) in [6.45, 7) is 4.77. The summed E-state index contributed by atoms with van der Waals surface area (Å²) in [5.41, 5.74) is 2.17. The molecule has 0 spiro atoms. The lowest BCUT2D eigenvalue weighted by Crippen LogP contribution is -2.42. The Labute approximate surface area is 166 Å².